The summed E-state index contributed by atoms with van der Waals surface area (Å²) in [5.74, 6) is 0. The van der Waals surface area contributed by atoms with E-state index in [1.54, 1.807) is 0 Å². The SMILES string of the molecule is C1CCNCC1.C1CCNCC1.[Cl-].[Cl-].[Cl-].[Cl-].[Cl-].[Cl-].[Sn+4]. The fourth-order valence-electron chi connectivity index (χ4n) is 1.60. The van der Waals surface area contributed by atoms with Gasteiger partial charge in [0.25, 0.3) is 0 Å². The monoisotopic (exact) mass is 500 g/mol. The molecule has 0 radical (unpaired) electrons. The Bertz CT molecular complexity index is 73.0. The maximum Gasteiger partial charge on any atom is 4.00 e. The van der Waals surface area contributed by atoms with Gasteiger partial charge in [0, 0.05) is 0 Å². The van der Waals surface area contributed by atoms with Crippen LogP contribution >= 0.6 is 0 Å². The van der Waals surface area contributed by atoms with Gasteiger partial charge < -0.3 is 85.1 Å². The van der Waals surface area contributed by atoms with E-state index >= 15 is 0 Å². The van der Waals surface area contributed by atoms with E-state index in [0.29, 0.717) is 0 Å². The van der Waals surface area contributed by atoms with Crippen molar-refractivity contribution in [2.45, 2.75) is 38.5 Å². The van der Waals surface area contributed by atoms with Crippen molar-refractivity contribution in [3.05, 3.63) is 0 Å². The van der Waals surface area contributed by atoms with Crippen LogP contribution in [0.25, 0.3) is 0 Å². The molecule has 0 atom stereocenters. The van der Waals surface area contributed by atoms with Gasteiger partial charge in [-0.3, -0.25) is 0 Å². The van der Waals surface area contributed by atoms with Gasteiger partial charge in [-0.15, -0.1) is 0 Å². The average Bonchev–Trinajstić information content (AvgIpc) is 2.24. The van der Waals surface area contributed by atoms with E-state index in [4.69, 9.17) is 0 Å². The van der Waals surface area contributed by atoms with Crippen molar-refractivity contribution >= 4 is 23.9 Å². The molecule has 120 valence electrons. The van der Waals surface area contributed by atoms with Crippen LogP contribution in [0.15, 0.2) is 0 Å². The van der Waals surface area contributed by atoms with Gasteiger partial charge in [-0.1, -0.05) is 12.8 Å². The Hall–Kier alpha value is 2.46. The van der Waals surface area contributed by atoms with E-state index in [0.717, 1.165) is 0 Å². The number of halogens is 6. The van der Waals surface area contributed by atoms with Crippen LogP contribution in [0.5, 0.6) is 0 Å². The first-order chi connectivity index (χ1) is 6.00. The number of piperidine rings is 2. The molecule has 2 saturated heterocycles. The van der Waals surface area contributed by atoms with E-state index in [1.807, 2.05) is 0 Å². The zero-order valence-corrected chi connectivity index (χ0v) is 18.2. The first kappa shape index (κ1) is 43.0. The Labute approximate surface area is 172 Å². The molecule has 0 aromatic rings. The van der Waals surface area contributed by atoms with Gasteiger partial charge in [0.15, 0.2) is 0 Å². The summed E-state index contributed by atoms with van der Waals surface area (Å²) >= 11 is 0. The fraction of sp³-hybridized carbons (Fsp3) is 1.00. The Morgan fingerprint density at radius 1 is 0.368 bits per heavy atom. The fourth-order valence-corrected chi connectivity index (χ4v) is 1.60. The van der Waals surface area contributed by atoms with Gasteiger partial charge in [0.05, 0.1) is 0 Å². The molecular weight excluding hydrogens is 480 g/mol. The number of rotatable bonds is 0. The molecule has 0 amide bonds. The largest absolute Gasteiger partial charge is 4.00 e. The zero-order chi connectivity index (χ0) is 8.49. The summed E-state index contributed by atoms with van der Waals surface area (Å²) in [6.07, 6.45) is 8.43. The molecule has 2 rings (SSSR count). The summed E-state index contributed by atoms with van der Waals surface area (Å²) in [5.41, 5.74) is 0. The molecule has 2 fully saturated rings. The molecule has 0 spiro atoms. The first-order valence-corrected chi connectivity index (χ1v) is 5.41. The van der Waals surface area contributed by atoms with E-state index in [-0.39, 0.29) is 98.3 Å². The molecule has 0 saturated carbocycles. The van der Waals surface area contributed by atoms with Crippen LogP contribution in [-0.4, -0.2) is 50.1 Å². The quantitative estimate of drug-likeness (QED) is 0.322. The Kier molecular flexibility index (Phi) is 83.8. The van der Waals surface area contributed by atoms with Crippen LogP contribution in [0.2, 0.25) is 0 Å². The van der Waals surface area contributed by atoms with Crippen molar-refractivity contribution in [3.8, 4) is 0 Å². The molecule has 0 aromatic carbocycles. The van der Waals surface area contributed by atoms with Crippen molar-refractivity contribution in [1.29, 1.82) is 0 Å². The smallest absolute Gasteiger partial charge is 1.00 e. The third kappa shape index (κ3) is 33.3. The minimum atomic E-state index is 0. The summed E-state index contributed by atoms with van der Waals surface area (Å²) in [6, 6.07) is 0. The van der Waals surface area contributed by atoms with Gasteiger partial charge in [-0.05, 0) is 51.9 Å². The minimum absolute atomic E-state index is 0. The third-order valence-corrected chi connectivity index (χ3v) is 2.41. The Morgan fingerprint density at radius 2 is 0.579 bits per heavy atom. The van der Waals surface area contributed by atoms with E-state index in [1.165, 1.54) is 64.7 Å². The predicted octanol–water partition coefficient (Wildman–Crippen LogP) is -16.8. The molecule has 2 aliphatic heterocycles. The van der Waals surface area contributed by atoms with Crippen LogP contribution in [-0.2, 0) is 0 Å². The molecule has 0 unspecified atom stereocenters. The number of hydrogen-bond acceptors (Lipinski definition) is 2. The summed E-state index contributed by atoms with van der Waals surface area (Å²) in [7, 11) is 0. The van der Waals surface area contributed by atoms with Crippen LogP contribution in [0.4, 0.5) is 0 Å². The maximum absolute atomic E-state index is 3.28. The van der Waals surface area contributed by atoms with Gasteiger partial charge in [-0.2, -0.15) is 0 Å². The van der Waals surface area contributed by atoms with Crippen molar-refractivity contribution < 1.29 is 74.4 Å². The van der Waals surface area contributed by atoms with Gasteiger partial charge in [-0.25, -0.2) is 0 Å². The number of nitrogens with one attached hydrogen (secondary N) is 2. The van der Waals surface area contributed by atoms with Crippen molar-refractivity contribution in [1.82, 2.24) is 10.6 Å². The molecule has 2 nitrogen and oxygen atoms in total. The summed E-state index contributed by atoms with van der Waals surface area (Å²) in [5, 5.41) is 6.57. The average molecular weight is 502 g/mol. The second kappa shape index (κ2) is 37.1. The normalized spacial score (nSPS) is 15.2. The van der Waals surface area contributed by atoms with Crippen LogP contribution in [0.1, 0.15) is 38.5 Å². The molecule has 2 N–H and O–H groups in total. The second-order valence-electron chi connectivity index (χ2n) is 3.62. The molecule has 19 heavy (non-hydrogen) atoms. The second-order valence-corrected chi connectivity index (χ2v) is 3.62. The van der Waals surface area contributed by atoms with Crippen molar-refractivity contribution in [2.75, 3.05) is 26.2 Å². The topological polar surface area (TPSA) is 24.1 Å². The van der Waals surface area contributed by atoms with Crippen LogP contribution in [0, 0.1) is 0 Å². The van der Waals surface area contributed by atoms with Crippen LogP contribution in [0.3, 0.4) is 0 Å². The van der Waals surface area contributed by atoms with Gasteiger partial charge >= 0.3 is 23.9 Å². The molecule has 9 heteroatoms. The standard InChI is InChI=1S/2C5H11N.6ClH.Sn/c2*1-2-4-6-5-3-1;;;;;;;/h2*6H,1-5H2;6*1H;/q;;;;;;;;+4/p-6. The third-order valence-electron chi connectivity index (χ3n) is 2.41. The molecular formula is C10H22Cl6N2Sn-2. The van der Waals surface area contributed by atoms with E-state index < -0.39 is 0 Å². The van der Waals surface area contributed by atoms with Gasteiger partial charge in [0.1, 0.15) is 0 Å². The minimum Gasteiger partial charge on any atom is -1.00 e. The van der Waals surface area contributed by atoms with Gasteiger partial charge in [0.2, 0.25) is 0 Å². The molecule has 0 aliphatic carbocycles. The predicted molar refractivity (Wildman–Crippen MR) is 59.2 cm³/mol. The van der Waals surface area contributed by atoms with E-state index in [2.05, 4.69) is 10.6 Å². The molecule has 2 aliphatic rings. The summed E-state index contributed by atoms with van der Waals surface area (Å²) < 4.78 is 0. The van der Waals surface area contributed by atoms with Crippen molar-refractivity contribution in [2.24, 2.45) is 0 Å². The zero-order valence-electron chi connectivity index (χ0n) is 10.8. The van der Waals surface area contributed by atoms with E-state index in [9.17, 15) is 0 Å². The first-order valence-electron chi connectivity index (χ1n) is 5.41. The molecule has 0 bridgehead atoms. The Morgan fingerprint density at radius 3 is 0.632 bits per heavy atom. The summed E-state index contributed by atoms with van der Waals surface area (Å²) in [4.78, 5) is 0. The Balaban J connectivity index is -0.0000000222. The molecule has 0 aromatic heterocycles. The maximum atomic E-state index is 3.28. The van der Waals surface area contributed by atoms with Crippen LogP contribution < -0.4 is 85.1 Å². The number of hydrogen-bond donors (Lipinski definition) is 2. The summed E-state index contributed by atoms with van der Waals surface area (Å²) in [6.45, 7) is 5.00. The van der Waals surface area contributed by atoms with Crippen molar-refractivity contribution in [3.63, 3.8) is 0 Å². The molecule has 2 heterocycles.